The fourth-order valence-corrected chi connectivity index (χ4v) is 5.29. The highest BCUT2D eigenvalue weighted by Gasteiger charge is 2.28. The van der Waals surface area contributed by atoms with Gasteiger partial charge in [0.2, 0.25) is 11.8 Å². The van der Waals surface area contributed by atoms with Crippen molar-refractivity contribution in [2.24, 2.45) is 0 Å². The molecule has 0 spiro atoms. The van der Waals surface area contributed by atoms with Crippen molar-refractivity contribution in [1.29, 1.82) is 0 Å². The molecule has 4 amide bonds. The van der Waals surface area contributed by atoms with Crippen LogP contribution in [0.4, 0.5) is 16.2 Å². The summed E-state index contributed by atoms with van der Waals surface area (Å²) in [6, 6.07) is 8.23. The summed E-state index contributed by atoms with van der Waals surface area (Å²) in [5, 5.41) is 37.7. The van der Waals surface area contributed by atoms with Crippen molar-refractivity contribution in [3.05, 3.63) is 59.5 Å². The molecule has 1 atom stereocenters. The molecule has 1 saturated heterocycles. The number of carboxylic acid groups (broad SMARTS) is 2. The summed E-state index contributed by atoms with van der Waals surface area (Å²) in [6.07, 6.45) is -0.519. The average Bonchev–Trinajstić information content (AvgIpc) is 3.72. The van der Waals surface area contributed by atoms with Gasteiger partial charge in [-0.25, -0.2) is 14.2 Å². The minimum absolute atomic E-state index is 0.0688. The number of aromatic nitrogens is 5. The molecular formula is C29H29ClN10O8. The molecule has 2 aromatic heterocycles. The highest BCUT2D eigenvalue weighted by molar-refractivity contribution is 6.40. The van der Waals surface area contributed by atoms with Crippen LogP contribution in [0.15, 0.2) is 48.8 Å². The molecule has 5 N–H and O–H groups in total. The van der Waals surface area contributed by atoms with Crippen LogP contribution < -0.4 is 16.0 Å². The van der Waals surface area contributed by atoms with Crippen LogP contribution in [-0.4, -0.2) is 120 Å². The highest BCUT2D eigenvalue weighted by Crippen LogP contribution is 2.25. The number of nitrogens with one attached hydrogen (secondary N) is 3. The van der Waals surface area contributed by atoms with E-state index in [1.54, 1.807) is 4.90 Å². The third-order valence-corrected chi connectivity index (χ3v) is 7.85. The molecule has 3 heterocycles. The van der Waals surface area contributed by atoms with Crippen molar-refractivity contribution >= 4 is 69.6 Å². The smallest absolute Gasteiger partial charge is 0.416 e. The molecule has 18 nitrogen and oxygen atoms in total. The van der Waals surface area contributed by atoms with Gasteiger partial charge in [0.05, 0.1) is 16.9 Å². The van der Waals surface area contributed by atoms with Crippen LogP contribution in [0, 0.1) is 0 Å². The topological polar surface area (TPSA) is 234 Å². The zero-order valence-corrected chi connectivity index (χ0v) is 26.0. The molecule has 19 heteroatoms. The van der Waals surface area contributed by atoms with Crippen molar-refractivity contribution in [2.75, 3.05) is 43.9 Å². The number of aromatic carboxylic acids is 1. The van der Waals surface area contributed by atoms with E-state index in [4.69, 9.17) is 11.6 Å². The molecular weight excluding hydrogens is 652 g/mol. The largest absolute Gasteiger partial charge is 0.477 e. The molecule has 48 heavy (non-hydrogen) atoms. The monoisotopic (exact) mass is 680 g/mol. The van der Waals surface area contributed by atoms with Gasteiger partial charge in [0.1, 0.15) is 18.1 Å². The summed E-state index contributed by atoms with van der Waals surface area (Å²) in [5.41, 5.74) is 0.118. The molecule has 1 aliphatic heterocycles. The number of amides is 4. The van der Waals surface area contributed by atoms with Gasteiger partial charge in [0.15, 0.2) is 0 Å². The normalized spacial score (nSPS) is 13.9. The summed E-state index contributed by atoms with van der Waals surface area (Å²) in [4.78, 5) is 79.7. The number of benzene rings is 2. The zero-order valence-electron chi connectivity index (χ0n) is 25.3. The second kappa shape index (κ2) is 14.3. The number of tetrazole rings is 1. The predicted molar refractivity (Wildman–Crippen MR) is 169 cm³/mol. The Kier molecular flexibility index (Phi) is 9.95. The standard InChI is InChI=1S/C29H29ClN10O8/c1-37-8-10-38(11-9-37)24(41)7-4-19(25(42)32-18-3-6-21-16(12-18)13-23(28(45)46)40(21)29(47)48)33-26(43)27(44)34-20-14-17(30)2-5-22(20)39-15-31-35-36-39/h2-3,5-6,12-15,19H,4,7-11H2,1H3,(H,32,42)(H,33,43)(H,34,44)(H,45,46)(H,47,48). The van der Waals surface area contributed by atoms with Crippen molar-refractivity contribution in [3.8, 4) is 5.69 Å². The Morgan fingerprint density at radius 1 is 0.938 bits per heavy atom. The first-order valence-electron chi connectivity index (χ1n) is 14.5. The van der Waals surface area contributed by atoms with Crippen LogP contribution in [0.2, 0.25) is 5.02 Å². The van der Waals surface area contributed by atoms with Gasteiger partial charge in [-0.05, 0) is 66.4 Å². The quantitative estimate of drug-likeness (QED) is 0.156. The Bertz CT molecular complexity index is 1900. The lowest BCUT2D eigenvalue weighted by molar-refractivity contribution is -0.138. The van der Waals surface area contributed by atoms with E-state index < -0.39 is 41.5 Å². The molecule has 4 aromatic rings. The van der Waals surface area contributed by atoms with E-state index in [1.807, 2.05) is 7.05 Å². The number of carbonyl (C=O) groups excluding carboxylic acids is 4. The fourth-order valence-electron chi connectivity index (χ4n) is 5.12. The molecule has 5 rings (SSSR count). The number of carbonyl (C=O) groups is 6. The Balaban J connectivity index is 1.34. The molecule has 0 radical (unpaired) electrons. The van der Waals surface area contributed by atoms with E-state index in [9.17, 15) is 39.0 Å². The first kappa shape index (κ1) is 33.5. The van der Waals surface area contributed by atoms with Crippen molar-refractivity contribution in [2.45, 2.75) is 18.9 Å². The summed E-state index contributed by atoms with van der Waals surface area (Å²) in [7, 11) is 1.94. The number of piperazine rings is 1. The minimum Gasteiger partial charge on any atom is -0.477 e. The van der Waals surface area contributed by atoms with Crippen molar-refractivity contribution in [3.63, 3.8) is 0 Å². The number of hydrogen-bond acceptors (Lipinski definition) is 10. The van der Waals surface area contributed by atoms with Gasteiger partial charge < -0.3 is 36.0 Å². The predicted octanol–water partition coefficient (Wildman–Crippen LogP) is 1.11. The number of halogens is 1. The van der Waals surface area contributed by atoms with E-state index in [-0.39, 0.29) is 46.0 Å². The Morgan fingerprint density at radius 2 is 1.69 bits per heavy atom. The van der Waals surface area contributed by atoms with E-state index in [0.29, 0.717) is 36.4 Å². The molecule has 0 aliphatic carbocycles. The lowest BCUT2D eigenvalue weighted by Crippen LogP contribution is -2.49. The summed E-state index contributed by atoms with van der Waals surface area (Å²) < 4.78 is 1.84. The number of nitrogens with zero attached hydrogens (tertiary/aromatic N) is 7. The van der Waals surface area contributed by atoms with E-state index >= 15 is 0 Å². The maximum atomic E-state index is 13.5. The van der Waals surface area contributed by atoms with Crippen LogP contribution in [0.25, 0.3) is 16.6 Å². The van der Waals surface area contributed by atoms with Crippen LogP contribution >= 0.6 is 11.6 Å². The lowest BCUT2D eigenvalue weighted by Gasteiger charge is -2.32. The van der Waals surface area contributed by atoms with E-state index in [0.717, 1.165) is 6.07 Å². The summed E-state index contributed by atoms with van der Waals surface area (Å²) in [5.74, 6) is -4.82. The highest BCUT2D eigenvalue weighted by atomic mass is 35.5. The van der Waals surface area contributed by atoms with Gasteiger partial charge in [-0.3, -0.25) is 19.2 Å². The maximum absolute atomic E-state index is 13.5. The fraction of sp³-hybridized carbons (Fsp3) is 0.276. The SMILES string of the molecule is CN1CCN(C(=O)CCC(NC(=O)C(=O)Nc2cc(Cl)ccc2-n2cnnn2)C(=O)Nc2ccc3c(c2)cc(C(=O)O)n3C(=O)O)CC1. The minimum atomic E-state index is -1.51. The number of fused-ring (bicyclic) bond motifs is 1. The first-order chi connectivity index (χ1) is 22.9. The van der Waals surface area contributed by atoms with Crippen LogP contribution in [0.3, 0.4) is 0 Å². The van der Waals surface area contributed by atoms with Gasteiger partial charge in [-0.15, -0.1) is 5.10 Å². The van der Waals surface area contributed by atoms with Gasteiger partial charge in [0, 0.05) is 48.7 Å². The zero-order chi connectivity index (χ0) is 34.5. The number of likely N-dealkylation sites (N-methyl/N-ethyl adjacent to an activating group) is 1. The molecule has 1 fully saturated rings. The Morgan fingerprint density at radius 3 is 2.35 bits per heavy atom. The Hall–Kier alpha value is -5.88. The first-order valence-corrected chi connectivity index (χ1v) is 14.8. The molecule has 2 aromatic carbocycles. The van der Waals surface area contributed by atoms with Crippen molar-refractivity contribution < 1.29 is 39.0 Å². The number of hydrogen-bond donors (Lipinski definition) is 5. The summed E-state index contributed by atoms with van der Waals surface area (Å²) >= 11 is 6.10. The number of anilines is 2. The molecule has 0 bridgehead atoms. The third-order valence-electron chi connectivity index (χ3n) is 7.61. The third kappa shape index (κ3) is 7.56. The number of rotatable bonds is 9. The average molecular weight is 681 g/mol. The number of carboxylic acids is 1. The van der Waals surface area contributed by atoms with E-state index in [1.165, 1.54) is 47.4 Å². The maximum Gasteiger partial charge on any atom is 0.416 e. The second-order valence-electron chi connectivity index (χ2n) is 10.8. The molecule has 1 aliphatic rings. The lowest BCUT2D eigenvalue weighted by atomic mass is 10.1. The second-order valence-corrected chi connectivity index (χ2v) is 11.3. The van der Waals surface area contributed by atoms with Crippen molar-refractivity contribution in [1.82, 2.24) is 39.9 Å². The Labute approximate surface area is 276 Å². The molecule has 0 saturated carbocycles. The molecule has 250 valence electrons. The van der Waals surface area contributed by atoms with Gasteiger partial charge in [0.25, 0.3) is 0 Å². The van der Waals surface area contributed by atoms with Gasteiger partial charge >= 0.3 is 23.9 Å². The van der Waals surface area contributed by atoms with Gasteiger partial charge in [-0.1, -0.05) is 11.6 Å². The van der Waals surface area contributed by atoms with E-state index in [2.05, 4.69) is 36.4 Å². The van der Waals surface area contributed by atoms with Crippen LogP contribution in [-0.2, 0) is 19.2 Å². The molecule has 1 unspecified atom stereocenters. The van der Waals surface area contributed by atoms with Crippen LogP contribution in [0.5, 0.6) is 0 Å². The van der Waals surface area contributed by atoms with Gasteiger partial charge in [-0.2, -0.15) is 4.68 Å². The summed E-state index contributed by atoms with van der Waals surface area (Å²) in [6.45, 7) is 2.36. The van der Waals surface area contributed by atoms with Crippen LogP contribution in [0.1, 0.15) is 23.3 Å².